The predicted octanol–water partition coefficient (Wildman–Crippen LogP) is 5.36. The van der Waals surface area contributed by atoms with Crippen LogP contribution in [0.5, 0.6) is 11.5 Å². The lowest BCUT2D eigenvalue weighted by Crippen LogP contribution is -2.40. The quantitative estimate of drug-likeness (QED) is 0.591. The first-order valence-corrected chi connectivity index (χ1v) is 10.2. The Balaban J connectivity index is 1.49. The van der Waals surface area contributed by atoms with Gasteiger partial charge in [0.15, 0.2) is 11.6 Å². The fourth-order valence-corrected chi connectivity index (χ4v) is 3.79. The second kappa shape index (κ2) is 8.82. The van der Waals surface area contributed by atoms with Crippen molar-refractivity contribution >= 4 is 23.0 Å². The van der Waals surface area contributed by atoms with Crippen LogP contribution in [0.1, 0.15) is 32.6 Å². The van der Waals surface area contributed by atoms with Gasteiger partial charge < -0.3 is 20.7 Å². The minimum Gasteiger partial charge on any atom is -0.457 e. The zero-order valence-corrected chi connectivity index (χ0v) is 16.7. The van der Waals surface area contributed by atoms with Crippen molar-refractivity contribution in [1.82, 2.24) is 9.97 Å². The molecule has 29 heavy (non-hydrogen) atoms. The number of anilines is 4. The lowest BCUT2D eigenvalue weighted by atomic mass is 10.00. The number of para-hydroxylation sites is 1. The normalized spacial score (nSPS) is 16.4. The topological polar surface area (TPSA) is 76.3 Å². The minimum absolute atomic E-state index is 0.489. The van der Waals surface area contributed by atoms with Crippen molar-refractivity contribution in [3.05, 3.63) is 60.9 Å². The number of rotatable bonds is 6. The number of ether oxygens (including phenoxy) is 1. The Hall–Kier alpha value is -3.28. The monoisotopic (exact) mass is 389 g/mol. The molecular weight excluding hydrogens is 362 g/mol. The summed E-state index contributed by atoms with van der Waals surface area (Å²) in [5, 5.41) is 3.32. The molecule has 4 rings (SSSR count). The molecule has 2 aromatic carbocycles. The fraction of sp³-hybridized carbons (Fsp3) is 0.304. The zero-order chi connectivity index (χ0) is 20.1. The lowest BCUT2D eigenvalue weighted by molar-refractivity contribution is 0.447. The predicted molar refractivity (Wildman–Crippen MR) is 118 cm³/mol. The van der Waals surface area contributed by atoms with Crippen LogP contribution < -0.4 is 20.7 Å². The third-order valence-corrected chi connectivity index (χ3v) is 5.33. The van der Waals surface area contributed by atoms with Crippen LogP contribution in [0.15, 0.2) is 60.9 Å². The molecule has 0 amide bonds. The van der Waals surface area contributed by atoms with Crippen LogP contribution in [0.3, 0.4) is 0 Å². The van der Waals surface area contributed by atoms with Gasteiger partial charge in [-0.1, -0.05) is 25.1 Å². The number of hydrogen-bond acceptors (Lipinski definition) is 6. The number of piperidine rings is 1. The molecule has 3 aromatic rings. The summed E-state index contributed by atoms with van der Waals surface area (Å²) >= 11 is 0. The molecule has 1 aromatic heterocycles. The molecule has 1 atom stereocenters. The van der Waals surface area contributed by atoms with Gasteiger partial charge in [-0.25, -0.2) is 9.97 Å². The number of aromatic nitrogens is 2. The van der Waals surface area contributed by atoms with Gasteiger partial charge in [-0.3, -0.25) is 0 Å². The first-order chi connectivity index (χ1) is 14.2. The van der Waals surface area contributed by atoms with Gasteiger partial charge in [0, 0.05) is 18.3 Å². The first kappa shape index (κ1) is 19.1. The van der Waals surface area contributed by atoms with Crippen LogP contribution in [-0.2, 0) is 0 Å². The van der Waals surface area contributed by atoms with Crippen LogP contribution >= 0.6 is 0 Å². The standard InChI is InChI=1S/C23H27N5O/c1-2-18-8-6-7-15-28(18)23-21(24)22(25-16-26-23)27-17-11-13-20(14-12-17)29-19-9-4-3-5-10-19/h3-5,9-14,16,18H,2,6-8,15,24H2,1H3,(H,25,26,27). The van der Waals surface area contributed by atoms with Gasteiger partial charge in [0.05, 0.1) is 0 Å². The molecule has 0 radical (unpaired) electrons. The van der Waals surface area contributed by atoms with Crippen LogP contribution in [0.25, 0.3) is 0 Å². The van der Waals surface area contributed by atoms with Gasteiger partial charge in [0.2, 0.25) is 0 Å². The molecule has 0 spiro atoms. The van der Waals surface area contributed by atoms with Crippen molar-refractivity contribution in [2.45, 2.75) is 38.6 Å². The molecule has 150 valence electrons. The summed E-state index contributed by atoms with van der Waals surface area (Å²) < 4.78 is 5.85. The van der Waals surface area contributed by atoms with Gasteiger partial charge in [-0.2, -0.15) is 0 Å². The van der Waals surface area contributed by atoms with Gasteiger partial charge in [-0.15, -0.1) is 0 Å². The highest BCUT2D eigenvalue weighted by Crippen LogP contribution is 2.33. The summed E-state index contributed by atoms with van der Waals surface area (Å²) in [7, 11) is 0. The van der Waals surface area contributed by atoms with Crippen molar-refractivity contribution in [3.8, 4) is 11.5 Å². The molecule has 6 heteroatoms. The number of nitrogens with two attached hydrogens (primary N) is 1. The van der Waals surface area contributed by atoms with Crippen molar-refractivity contribution in [2.75, 3.05) is 22.5 Å². The van der Waals surface area contributed by atoms with Crippen LogP contribution in [0, 0.1) is 0 Å². The summed E-state index contributed by atoms with van der Waals surface area (Å²) in [6.45, 7) is 3.21. The molecule has 3 N–H and O–H groups in total. The van der Waals surface area contributed by atoms with E-state index in [2.05, 4.69) is 27.1 Å². The molecule has 1 fully saturated rings. The van der Waals surface area contributed by atoms with Gasteiger partial charge >= 0.3 is 0 Å². The molecular formula is C23H27N5O. The average Bonchev–Trinajstić information content (AvgIpc) is 2.77. The maximum absolute atomic E-state index is 6.46. The Morgan fingerprint density at radius 1 is 1.03 bits per heavy atom. The van der Waals surface area contributed by atoms with Crippen molar-refractivity contribution < 1.29 is 4.74 Å². The molecule has 2 heterocycles. The summed E-state index contributed by atoms with van der Waals surface area (Å²) in [4.78, 5) is 11.2. The highest BCUT2D eigenvalue weighted by atomic mass is 16.5. The molecule has 1 saturated heterocycles. The number of nitrogens with one attached hydrogen (secondary N) is 1. The zero-order valence-electron chi connectivity index (χ0n) is 16.7. The van der Waals surface area contributed by atoms with E-state index in [0.717, 1.165) is 36.0 Å². The van der Waals surface area contributed by atoms with E-state index < -0.39 is 0 Å². The highest BCUT2D eigenvalue weighted by molar-refractivity contribution is 5.78. The van der Waals surface area contributed by atoms with Crippen LogP contribution in [0.2, 0.25) is 0 Å². The molecule has 6 nitrogen and oxygen atoms in total. The van der Waals surface area contributed by atoms with Gasteiger partial charge in [-0.05, 0) is 62.1 Å². The van der Waals surface area contributed by atoms with E-state index in [1.54, 1.807) is 6.33 Å². The largest absolute Gasteiger partial charge is 0.457 e. The molecule has 1 aliphatic heterocycles. The van der Waals surface area contributed by atoms with E-state index in [9.17, 15) is 0 Å². The Morgan fingerprint density at radius 3 is 2.55 bits per heavy atom. The highest BCUT2D eigenvalue weighted by Gasteiger charge is 2.24. The fourth-order valence-electron chi connectivity index (χ4n) is 3.79. The summed E-state index contributed by atoms with van der Waals surface area (Å²) in [6, 6.07) is 18.0. The first-order valence-electron chi connectivity index (χ1n) is 10.2. The van der Waals surface area contributed by atoms with Crippen LogP contribution in [-0.4, -0.2) is 22.6 Å². The maximum atomic E-state index is 6.46. The van der Waals surface area contributed by atoms with Crippen molar-refractivity contribution in [2.24, 2.45) is 0 Å². The van der Waals surface area contributed by atoms with E-state index in [0.29, 0.717) is 17.5 Å². The summed E-state index contributed by atoms with van der Waals surface area (Å²) in [5.41, 5.74) is 7.95. The average molecular weight is 390 g/mol. The Bertz CT molecular complexity index is 930. The Kier molecular flexibility index (Phi) is 5.79. The molecule has 0 bridgehead atoms. The molecule has 1 unspecified atom stereocenters. The minimum atomic E-state index is 0.489. The molecule has 0 saturated carbocycles. The Labute approximate surface area is 171 Å². The molecule has 1 aliphatic rings. The summed E-state index contributed by atoms with van der Waals surface area (Å²) in [6.07, 6.45) is 6.30. The Morgan fingerprint density at radius 2 is 1.79 bits per heavy atom. The van der Waals surface area contributed by atoms with E-state index in [-0.39, 0.29) is 0 Å². The van der Waals surface area contributed by atoms with Gasteiger partial charge in [0.25, 0.3) is 0 Å². The SMILES string of the molecule is CCC1CCCCN1c1ncnc(Nc2ccc(Oc3ccccc3)cc2)c1N. The van der Waals surface area contributed by atoms with E-state index in [4.69, 9.17) is 10.5 Å². The van der Waals surface area contributed by atoms with Crippen molar-refractivity contribution in [3.63, 3.8) is 0 Å². The second-order valence-corrected chi connectivity index (χ2v) is 7.28. The number of benzene rings is 2. The maximum Gasteiger partial charge on any atom is 0.159 e. The number of nitrogen functional groups attached to an aromatic ring is 1. The van der Waals surface area contributed by atoms with E-state index in [1.807, 2.05) is 54.6 Å². The second-order valence-electron chi connectivity index (χ2n) is 7.28. The number of nitrogens with zero attached hydrogens (tertiary/aromatic N) is 3. The lowest BCUT2D eigenvalue weighted by Gasteiger charge is -2.36. The number of hydrogen-bond donors (Lipinski definition) is 2. The third kappa shape index (κ3) is 4.42. The molecule has 0 aliphatic carbocycles. The van der Waals surface area contributed by atoms with Gasteiger partial charge in [0.1, 0.15) is 23.5 Å². The van der Waals surface area contributed by atoms with Crippen molar-refractivity contribution in [1.29, 1.82) is 0 Å². The van der Waals surface area contributed by atoms with E-state index in [1.165, 1.54) is 19.3 Å². The smallest absolute Gasteiger partial charge is 0.159 e. The third-order valence-electron chi connectivity index (χ3n) is 5.33. The van der Waals surface area contributed by atoms with E-state index >= 15 is 0 Å². The summed E-state index contributed by atoms with van der Waals surface area (Å²) in [5.74, 6) is 3.05. The van der Waals surface area contributed by atoms with Crippen LogP contribution in [0.4, 0.5) is 23.0 Å².